The number of carbonyl (C=O) groups is 2. The number of carbonyl (C=O) groups excluding carboxylic acids is 1. The van der Waals surface area contributed by atoms with E-state index in [1.54, 1.807) is 11.0 Å². The molecule has 18 heavy (non-hydrogen) atoms. The summed E-state index contributed by atoms with van der Waals surface area (Å²) in [4.78, 5) is 28.4. The number of aromatic carboxylic acids is 1. The van der Waals surface area contributed by atoms with E-state index in [4.69, 9.17) is 5.11 Å². The van der Waals surface area contributed by atoms with Gasteiger partial charge in [0.2, 0.25) is 0 Å². The van der Waals surface area contributed by atoms with Gasteiger partial charge in [-0.15, -0.1) is 6.58 Å². The third-order valence-corrected chi connectivity index (χ3v) is 2.40. The topological polar surface area (TPSA) is 70.5 Å². The van der Waals surface area contributed by atoms with Gasteiger partial charge in [0.05, 0.1) is 0 Å². The average Bonchev–Trinajstić information content (AvgIpc) is 2.35. The summed E-state index contributed by atoms with van der Waals surface area (Å²) in [6, 6.07) is 4.36. The maximum atomic E-state index is 12.2. The van der Waals surface area contributed by atoms with E-state index >= 15 is 0 Å². The van der Waals surface area contributed by atoms with E-state index < -0.39 is 5.97 Å². The zero-order chi connectivity index (χ0) is 13.7. The van der Waals surface area contributed by atoms with Crippen LogP contribution in [0.1, 0.15) is 34.8 Å². The molecule has 1 aromatic heterocycles. The Bertz CT molecular complexity index is 469. The number of carboxylic acids is 1. The second kappa shape index (κ2) is 5.95. The van der Waals surface area contributed by atoms with Crippen LogP contribution >= 0.6 is 0 Å². The first-order chi connectivity index (χ1) is 8.47. The van der Waals surface area contributed by atoms with E-state index in [2.05, 4.69) is 11.6 Å². The molecular formula is C13H16N2O3. The molecule has 1 N–H and O–H groups in total. The molecule has 0 saturated heterocycles. The molecule has 0 unspecified atom stereocenters. The number of hydrogen-bond acceptors (Lipinski definition) is 3. The SMILES string of the molecule is C=CCN(C(=O)c1cccc(C(=O)O)n1)C(C)C. The van der Waals surface area contributed by atoms with Crippen LogP contribution in [0.4, 0.5) is 0 Å². The lowest BCUT2D eigenvalue weighted by Gasteiger charge is -2.24. The number of nitrogens with zero attached hydrogens (tertiary/aromatic N) is 2. The summed E-state index contributed by atoms with van der Waals surface area (Å²) in [6.07, 6.45) is 1.62. The molecule has 0 aliphatic heterocycles. The average molecular weight is 248 g/mol. The molecule has 0 aliphatic carbocycles. The highest BCUT2D eigenvalue weighted by Gasteiger charge is 2.19. The Kier molecular flexibility index (Phi) is 4.59. The number of rotatable bonds is 5. The van der Waals surface area contributed by atoms with Crippen molar-refractivity contribution in [1.82, 2.24) is 9.88 Å². The molecule has 0 radical (unpaired) electrons. The fourth-order valence-electron chi connectivity index (χ4n) is 1.49. The van der Waals surface area contributed by atoms with Crippen LogP contribution in [-0.2, 0) is 0 Å². The highest BCUT2D eigenvalue weighted by atomic mass is 16.4. The van der Waals surface area contributed by atoms with Gasteiger partial charge in [0.25, 0.3) is 5.91 Å². The molecule has 1 heterocycles. The Balaban J connectivity index is 3.04. The van der Waals surface area contributed by atoms with Gasteiger partial charge in [-0.3, -0.25) is 4.79 Å². The molecule has 1 amide bonds. The zero-order valence-electron chi connectivity index (χ0n) is 10.5. The molecule has 1 rings (SSSR count). The summed E-state index contributed by atoms with van der Waals surface area (Å²) in [6.45, 7) is 7.75. The standard InChI is InChI=1S/C13H16N2O3/c1-4-8-15(9(2)3)12(16)10-6-5-7-11(14-10)13(17)18/h4-7,9H,1,8H2,2-3H3,(H,17,18). The summed E-state index contributed by atoms with van der Waals surface area (Å²) >= 11 is 0. The maximum absolute atomic E-state index is 12.2. The quantitative estimate of drug-likeness (QED) is 0.807. The van der Waals surface area contributed by atoms with Crippen LogP contribution in [0.25, 0.3) is 0 Å². The van der Waals surface area contributed by atoms with E-state index in [1.165, 1.54) is 18.2 Å². The molecule has 0 fully saturated rings. The van der Waals surface area contributed by atoms with Crippen LogP contribution in [0, 0.1) is 0 Å². The fraction of sp³-hybridized carbons (Fsp3) is 0.308. The van der Waals surface area contributed by atoms with Crippen molar-refractivity contribution in [2.24, 2.45) is 0 Å². The van der Waals surface area contributed by atoms with E-state index in [-0.39, 0.29) is 23.3 Å². The molecule has 0 bridgehead atoms. The van der Waals surface area contributed by atoms with Gasteiger partial charge in [0.1, 0.15) is 11.4 Å². The van der Waals surface area contributed by atoms with Crippen LogP contribution in [0.5, 0.6) is 0 Å². The molecule has 0 saturated carbocycles. The van der Waals surface area contributed by atoms with Gasteiger partial charge >= 0.3 is 5.97 Å². The van der Waals surface area contributed by atoms with E-state index in [1.807, 2.05) is 13.8 Å². The first-order valence-electron chi connectivity index (χ1n) is 5.59. The van der Waals surface area contributed by atoms with Crippen LogP contribution in [0.15, 0.2) is 30.9 Å². The summed E-state index contributed by atoms with van der Waals surface area (Å²) in [5.41, 5.74) is -0.00592. The van der Waals surface area contributed by atoms with Crippen molar-refractivity contribution in [2.75, 3.05) is 6.54 Å². The van der Waals surface area contributed by atoms with Gasteiger partial charge in [0.15, 0.2) is 0 Å². The Labute approximate surface area is 106 Å². The van der Waals surface area contributed by atoms with Gasteiger partial charge < -0.3 is 10.0 Å². The molecule has 0 spiro atoms. The Hall–Kier alpha value is -2.17. The first-order valence-corrected chi connectivity index (χ1v) is 5.59. The summed E-state index contributed by atoms with van der Waals surface area (Å²) in [5.74, 6) is -1.45. The normalized spacial score (nSPS) is 10.2. The van der Waals surface area contributed by atoms with Crippen molar-refractivity contribution in [3.05, 3.63) is 42.2 Å². The third kappa shape index (κ3) is 3.16. The highest BCUT2D eigenvalue weighted by Crippen LogP contribution is 2.07. The second-order valence-electron chi connectivity index (χ2n) is 4.05. The van der Waals surface area contributed by atoms with Crippen LogP contribution < -0.4 is 0 Å². The van der Waals surface area contributed by atoms with Crippen LogP contribution in [0.2, 0.25) is 0 Å². The van der Waals surface area contributed by atoms with Gasteiger partial charge in [-0.2, -0.15) is 0 Å². The molecular weight excluding hydrogens is 232 g/mol. The lowest BCUT2D eigenvalue weighted by atomic mass is 10.2. The van der Waals surface area contributed by atoms with Gasteiger partial charge in [-0.05, 0) is 26.0 Å². The lowest BCUT2D eigenvalue weighted by Crippen LogP contribution is -2.37. The number of hydrogen-bond donors (Lipinski definition) is 1. The van der Waals surface area contributed by atoms with Crippen molar-refractivity contribution >= 4 is 11.9 Å². The largest absolute Gasteiger partial charge is 0.477 e. The van der Waals surface area contributed by atoms with Crippen molar-refractivity contribution in [3.63, 3.8) is 0 Å². The second-order valence-corrected chi connectivity index (χ2v) is 4.05. The maximum Gasteiger partial charge on any atom is 0.354 e. The molecule has 0 aliphatic rings. The van der Waals surface area contributed by atoms with Crippen molar-refractivity contribution in [1.29, 1.82) is 0 Å². The van der Waals surface area contributed by atoms with Gasteiger partial charge in [-0.25, -0.2) is 9.78 Å². The Morgan fingerprint density at radius 1 is 1.44 bits per heavy atom. The smallest absolute Gasteiger partial charge is 0.354 e. The molecule has 0 aromatic carbocycles. The summed E-state index contributed by atoms with van der Waals surface area (Å²) in [7, 11) is 0. The van der Waals surface area contributed by atoms with Gasteiger partial charge in [0, 0.05) is 12.6 Å². The van der Waals surface area contributed by atoms with Crippen LogP contribution in [-0.4, -0.2) is 39.5 Å². The Morgan fingerprint density at radius 2 is 2.06 bits per heavy atom. The van der Waals surface area contributed by atoms with Crippen LogP contribution in [0.3, 0.4) is 0 Å². The minimum Gasteiger partial charge on any atom is -0.477 e. The molecule has 0 atom stereocenters. The number of amides is 1. The van der Waals surface area contributed by atoms with Crippen molar-refractivity contribution in [3.8, 4) is 0 Å². The third-order valence-electron chi connectivity index (χ3n) is 2.40. The van der Waals surface area contributed by atoms with Gasteiger partial charge in [-0.1, -0.05) is 12.1 Å². The summed E-state index contributed by atoms with van der Waals surface area (Å²) in [5, 5.41) is 8.84. The summed E-state index contributed by atoms with van der Waals surface area (Å²) < 4.78 is 0. The fourth-order valence-corrected chi connectivity index (χ4v) is 1.49. The minimum atomic E-state index is -1.15. The lowest BCUT2D eigenvalue weighted by molar-refractivity contribution is 0.0689. The molecule has 1 aromatic rings. The van der Waals surface area contributed by atoms with E-state index in [0.29, 0.717) is 6.54 Å². The monoisotopic (exact) mass is 248 g/mol. The predicted octanol–water partition coefficient (Wildman–Crippen LogP) is 1.82. The highest BCUT2D eigenvalue weighted by molar-refractivity contribution is 5.94. The van der Waals surface area contributed by atoms with E-state index in [9.17, 15) is 9.59 Å². The number of carboxylic acid groups (broad SMARTS) is 1. The number of pyridine rings is 1. The Morgan fingerprint density at radius 3 is 2.56 bits per heavy atom. The molecule has 5 heteroatoms. The van der Waals surface area contributed by atoms with Crippen molar-refractivity contribution in [2.45, 2.75) is 19.9 Å². The zero-order valence-corrected chi connectivity index (χ0v) is 10.5. The predicted molar refractivity (Wildman–Crippen MR) is 67.6 cm³/mol. The molecule has 96 valence electrons. The number of aromatic nitrogens is 1. The first kappa shape index (κ1) is 13.9. The minimum absolute atomic E-state index is 0.00853. The van der Waals surface area contributed by atoms with Crippen molar-refractivity contribution < 1.29 is 14.7 Å². The van der Waals surface area contributed by atoms with E-state index in [0.717, 1.165) is 0 Å². The molecule has 5 nitrogen and oxygen atoms in total.